The number of aromatic nitrogens is 3. The highest BCUT2D eigenvalue weighted by atomic mass is 35.5. The number of hydrogen-bond acceptors (Lipinski definition) is 4. The molecule has 0 aliphatic heterocycles. The molecule has 0 saturated carbocycles. The number of ether oxygens (including phenoxy) is 1. The molecular formula is C20H21ClN4O2. The van der Waals surface area contributed by atoms with Crippen molar-refractivity contribution in [2.75, 3.05) is 20.3 Å². The van der Waals surface area contributed by atoms with Gasteiger partial charge < -0.3 is 10.1 Å². The van der Waals surface area contributed by atoms with Gasteiger partial charge in [-0.3, -0.25) is 4.79 Å². The summed E-state index contributed by atoms with van der Waals surface area (Å²) in [5.74, 6) is 0.331. The summed E-state index contributed by atoms with van der Waals surface area (Å²) in [7, 11) is 1.58. The maximum absolute atomic E-state index is 12.4. The van der Waals surface area contributed by atoms with Crippen LogP contribution in [-0.2, 0) is 4.74 Å². The van der Waals surface area contributed by atoms with E-state index in [4.69, 9.17) is 16.3 Å². The van der Waals surface area contributed by atoms with Crippen LogP contribution >= 0.6 is 11.6 Å². The van der Waals surface area contributed by atoms with E-state index in [1.54, 1.807) is 11.8 Å². The van der Waals surface area contributed by atoms with Crippen molar-refractivity contribution < 1.29 is 9.53 Å². The highest BCUT2D eigenvalue weighted by Crippen LogP contribution is 2.27. The molecule has 0 unspecified atom stereocenters. The molecule has 27 heavy (non-hydrogen) atoms. The summed E-state index contributed by atoms with van der Waals surface area (Å²) < 4.78 is 6.62. The second-order valence-electron chi connectivity index (χ2n) is 6.17. The average molecular weight is 385 g/mol. The molecule has 0 saturated heterocycles. The summed E-state index contributed by atoms with van der Waals surface area (Å²) in [6.45, 7) is 4.74. The van der Waals surface area contributed by atoms with Crippen LogP contribution in [0.4, 0.5) is 0 Å². The Kier molecular flexibility index (Phi) is 5.88. The molecule has 3 rings (SSSR count). The van der Waals surface area contributed by atoms with Gasteiger partial charge in [-0.05, 0) is 31.5 Å². The molecule has 140 valence electrons. The molecule has 0 fully saturated rings. The van der Waals surface area contributed by atoms with Crippen LogP contribution in [0.1, 0.15) is 21.7 Å². The molecule has 1 N–H and O–H groups in total. The Bertz CT molecular complexity index is 951. The van der Waals surface area contributed by atoms with E-state index >= 15 is 0 Å². The number of benzene rings is 2. The second kappa shape index (κ2) is 8.33. The van der Waals surface area contributed by atoms with Crippen molar-refractivity contribution in [2.24, 2.45) is 0 Å². The lowest BCUT2D eigenvalue weighted by atomic mass is 10.1. The van der Waals surface area contributed by atoms with E-state index in [0.717, 1.165) is 22.4 Å². The Hall–Kier alpha value is -2.70. The van der Waals surface area contributed by atoms with Crippen molar-refractivity contribution in [3.8, 4) is 17.1 Å². The van der Waals surface area contributed by atoms with Gasteiger partial charge >= 0.3 is 0 Å². The first-order valence-electron chi connectivity index (χ1n) is 8.58. The van der Waals surface area contributed by atoms with Crippen LogP contribution in [0.3, 0.4) is 0 Å². The van der Waals surface area contributed by atoms with Gasteiger partial charge in [-0.1, -0.05) is 47.5 Å². The van der Waals surface area contributed by atoms with Gasteiger partial charge in [0.15, 0.2) is 5.82 Å². The van der Waals surface area contributed by atoms with Crippen LogP contribution in [0.5, 0.6) is 0 Å². The second-order valence-corrected chi connectivity index (χ2v) is 6.58. The summed E-state index contributed by atoms with van der Waals surface area (Å²) in [4.78, 5) is 16.9. The Balaban J connectivity index is 2.08. The quantitative estimate of drug-likeness (QED) is 0.659. The zero-order valence-electron chi connectivity index (χ0n) is 15.5. The molecule has 7 heteroatoms. The zero-order chi connectivity index (χ0) is 19.4. The van der Waals surface area contributed by atoms with Gasteiger partial charge in [0.25, 0.3) is 5.91 Å². The van der Waals surface area contributed by atoms with Crippen molar-refractivity contribution in [2.45, 2.75) is 13.8 Å². The predicted octanol–water partition coefficient (Wildman–Crippen LogP) is 3.58. The third kappa shape index (κ3) is 4.18. The largest absolute Gasteiger partial charge is 0.383 e. The molecule has 1 amide bonds. The van der Waals surface area contributed by atoms with Crippen molar-refractivity contribution >= 4 is 17.5 Å². The number of amides is 1. The van der Waals surface area contributed by atoms with Crippen LogP contribution in [0, 0.1) is 13.8 Å². The van der Waals surface area contributed by atoms with E-state index in [9.17, 15) is 4.79 Å². The maximum Gasteiger partial charge on any atom is 0.291 e. The van der Waals surface area contributed by atoms with E-state index in [1.807, 2.05) is 56.3 Å². The van der Waals surface area contributed by atoms with Crippen LogP contribution in [0.2, 0.25) is 5.02 Å². The van der Waals surface area contributed by atoms with Crippen molar-refractivity contribution in [1.82, 2.24) is 20.1 Å². The van der Waals surface area contributed by atoms with E-state index in [1.165, 1.54) is 0 Å². The van der Waals surface area contributed by atoms with Gasteiger partial charge in [0, 0.05) is 24.2 Å². The monoisotopic (exact) mass is 384 g/mol. The number of carbonyl (C=O) groups excluding carboxylic acids is 1. The third-order valence-corrected chi connectivity index (χ3v) is 4.59. The number of nitrogens with one attached hydrogen (secondary N) is 1. The van der Waals surface area contributed by atoms with Gasteiger partial charge in [-0.2, -0.15) is 0 Å². The third-order valence-electron chi connectivity index (χ3n) is 4.18. The Morgan fingerprint density at radius 1 is 1.19 bits per heavy atom. The first kappa shape index (κ1) is 19.1. The average Bonchev–Trinajstić information content (AvgIpc) is 3.10. The number of carbonyl (C=O) groups is 1. The Labute approximate surface area is 163 Å². The number of aryl methyl sites for hydroxylation is 1. The maximum atomic E-state index is 12.4. The number of hydrogen-bond donors (Lipinski definition) is 1. The first-order chi connectivity index (χ1) is 13.0. The molecule has 0 atom stereocenters. The standard InChI is InChI=1S/C20H21ClN4O2/c1-13-7-9-15(10-8-13)19-23-18(20(26)22-11-12-27-3)24-25(19)17-6-4-5-16(21)14(17)2/h4-10H,11-12H2,1-3H3,(H,22,26). The van der Waals surface area contributed by atoms with Gasteiger partial charge in [0.2, 0.25) is 5.82 Å². The minimum atomic E-state index is -0.348. The number of nitrogens with zero attached hydrogens (tertiary/aromatic N) is 3. The smallest absolute Gasteiger partial charge is 0.291 e. The van der Waals surface area contributed by atoms with Gasteiger partial charge in [-0.15, -0.1) is 5.10 Å². The van der Waals surface area contributed by atoms with Crippen LogP contribution in [0.15, 0.2) is 42.5 Å². The zero-order valence-corrected chi connectivity index (χ0v) is 16.2. The molecule has 0 aliphatic rings. The van der Waals surface area contributed by atoms with Crippen molar-refractivity contribution in [3.63, 3.8) is 0 Å². The summed E-state index contributed by atoms with van der Waals surface area (Å²) in [6, 6.07) is 13.5. The van der Waals surface area contributed by atoms with Crippen LogP contribution < -0.4 is 5.32 Å². The molecular weight excluding hydrogens is 364 g/mol. The molecule has 1 heterocycles. The van der Waals surface area contributed by atoms with Crippen LogP contribution in [0.25, 0.3) is 17.1 Å². The van der Waals surface area contributed by atoms with Crippen LogP contribution in [-0.4, -0.2) is 40.9 Å². The van der Waals surface area contributed by atoms with Crippen molar-refractivity contribution in [1.29, 1.82) is 0 Å². The highest BCUT2D eigenvalue weighted by molar-refractivity contribution is 6.31. The molecule has 3 aromatic rings. The molecule has 1 aromatic heterocycles. The molecule has 2 aromatic carbocycles. The Morgan fingerprint density at radius 2 is 1.93 bits per heavy atom. The van der Waals surface area contributed by atoms with E-state index < -0.39 is 0 Å². The van der Waals surface area contributed by atoms with E-state index in [-0.39, 0.29) is 11.7 Å². The highest BCUT2D eigenvalue weighted by Gasteiger charge is 2.20. The fourth-order valence-corrected chi connectivity index (χ4v) is 2.81. The lowest BCUT2D eigenvalue weighted by Gasteiger charge is -2.10. The fourth-order valence-electron chi connectivity index (χ4n) is 2.64. The summed E-state index contributed by atoms with van der Waals surface area (Å²) in [5.41, 5.74) is 3.65. The summed E-state index contributed by atoms with van der Waals surface area (Å²) >= 11 is 6.28. The molecule has 0 radical (unpaired) electrons. The molecule has 0 aliphatic carbocycles. The lowest BCUT2D eigenvalue weighted by Crippen LogP contribution is -2.28. The van der Waals surface area contributed by atoms with E-state index in [0.29, 0.717) is 24.0 Å². The number of methoxy groups -OCH3 is 1. The molecule has 0 bridgehead atoms. The normalized spacial score (nSPS) is 10.8. The predicted molar refractivity (Wildman–Crippen MR) is 105 cm³/mol. The lowest BCUT2D eigenvalue weighted by molar-refractivity contribution is 0.0927. The van der Waals surface area contributed by atoms with E-state index in [2.05, 4.69) is 15.4 Å². The fraction of sp³-hybridized carbons (Fsp3) is 0.250. The van der Waals surface area contributed by atoms with Gasteiger partial charge in [0.1, 0.15) is 0 Å². The number of rotatable bonds is 6. The van der Waals surface area contributed by atoms with Gasteiger partial charge in [0.05, 0.1) is 12.3 Å². The topological polar surface area (TPSA) is 69.0 Å². The Morgan fingerprint density at radius 3 is 2.63 bits per heavy atom. The van der Waals surface area contributed by atoms with Gasteiger partial charge in [-0.25, -0.2) is 9.67 Å². The summed E-state index contributed by atoms with van der Waals surface area (Å²) in [5, 5.41) is 7.83. The first-order valence-corrected chi connectivity index (χ1v) is 8.95. The minimum absolute atomic E-state index is 0.0982. The number of halogens is 1. The SMILES string of the molecule is COCCNC(=O)c1nc(-c2ccc(C)cc2)n(-c2cccc(Cl)c2C)n1. The summed E-state index contributed by atoms with van der Waals surface area (Å²) in [6.07, 6.45) is 0. The minimum Gasteiger partial charge on any atom is -0.383 e. The van der Waals surface area contributed by atoms with Crippen molar-refractivity contribution in [3.05, 3.63) is 64.4 Å². The molecule has 6 nitrogen and oxygen atoms in total. The molecule has 0 spiro atoms.